The smallest absolute Gasteiger partial charge is 0.243 e. The van der Waals surface area contributed by atoms with Crippen molar-refractivity contribution in [2.24, 2.45) is 5.92 Å². The number of hydrogen-bond donors (Lipinski definition) is 1. The molecule has 6 heteroatoms. The Kier molecular flexibility index (Phi) is 3.18. The van der Waals surface area contributed by atoms with Gasteiger partial charge in [-0.25, -0.2) is 8.42 Å². The zero-order valence-corrected chi connectivity index (χ0v) is 7.01. The number of carbonyl (C=O) groups excluding carboxylic acids is 2. The zero-order valence-electron chi connectivity index (χ0n) is 6.20. The van der Waals surface area contributed by atoms with Gasteiger partial charge < -0.3 is 4.79 Å². The van der Waals surface area contributed by atoms with Crippen LogP contribution in [-0.2, 0) is 19.6 Å². The van der Waals surface area contributed by atoms with Crippen LogP contribution in [0.4, 0.5) is 0 Å². The monoisotopic (exact) mass is 179 g/mol. The molecule has 0 rings (SSSR count). The molecule has 0 heterocycles. The largest absolute Gasteiger partial charge is 0.303 e. The van der Waals surface area contributed by atoms with Crippen LogP contribution in [0.15, 0.2) is 0 Å². The lowest BCUT2D eigenvalue weighted by Gasteiger charge is -2.02. The molecule has 1 unspecified atom stereocenters. The van der Waals surface area contributed by atoms with Crippen molar-refractivity contribution in [1.29, 1.82) is 0 Å². The highest BCUT2D eigenvalue weighted by Gasteiger charge is 2.14. The van der Waals surface area contributed by atoms with Crippen molar-refractivity contribution in [3.8, 4) is 0 Å². The van der Waals surface area contributed by atoms with E-state index in [2.05, 4.69) is 0 Å². The van der Waals surface area contributed by atoms with E-state index in [9.17, 15) is 18.0 Å². The predicted molar refractivity (Wildman–Crippen MR) is 38.2 cm³/mol. The second kappa shape index (κ2) is 3.47. The Morgan fingerprint density at radius 3 is 2.27 bits per heavy atom. The van der Waals surface area contributed by atoms with Crippen LogP contribution in [0, 0.1) is 5.92 Å². The SMILES string of the molecule is CC(C=O)C(=O)NS(C)(=O)=O. The molecule has 5 nitrogen and oxygen atoms in total. The van der Waals surface area contributed by atoms with Crippen molar-refractivity contribution in [2.45, 2.75) is 6.92 Å². The summed E-state index contributed by atoms with van der Waals surface area (Å²) in [4.78, 5) is 20.6. The molecule has 0 saturated heterocycles. The first-order chi connectivity index (χ1) is 4.87. The number of sulfonamides is 1. The van der Waals surface area contributed by atoms with Gasteiger partial charge in [-0.15, -0.1) is 0 Å². The van der Waals surface area contributed by atoms with Crippen LogP contribution in [-0.4, -0.2) is 26.9 Å². The van der Waals surface area contributed by atoms with Crippen molar-refractivity contribution in [2.75, 3.05) is 6.26 Å². The van der Waals surface area contributed by atoms with Crippen LogP contribution in [0.3, 0.4) is 0 Å². The molecule has 1 amide bonds. The highest BCUT2D eigenvalue weighted by Crippen LogP contribution is 1.89. The Balaban J connectivity index is 4.21. The average molecular weight is 179 g/mol. The minimum absolute atomic E-state index is 0.376. The fraction of sp³-hybridized carbons (Fsp3) is 0.600. The topological polar surface area (TPSA) is 80.3 Å². The number of nitrogens with one attached hydrogen (secondary N) is 1. The van der Waals surface area contributed by atoms with Crippen LogP contribution >= 0.6 is 0 Å². The van der Waals surface area contributed by atoms with Crippen molar-refractivity contribution in [1.82, 2.24) is 4.72 Å². The Bertz CT molecular complexity index is 256. The molecule has 1 atom stereocenters. The summed E-state index contributed by atoms with van der Waals surface area (Å²) in [7, 11) is -3.54. The lowest BCUT2D eigenvalue weighted by molar-refractivity contribution is -0.126. The van der Waals surface area contributed by atoms with Crippen LogP contribution in [0.1, 0.15) is 6.92 Å². The van der Waals surface area contributed by atoms with Gasteiger partial charge in [0.05, 0.1) is 12.2 Å². The van der Waals surface area contributed by atoms with Crippen molar-refractivity contribution >= 4 is 22.2 Å². The summed E-state index contributed by atoms with van der Waals surface area (Å²) in [6.45, 7) is 1.31. The number of hydrogen-bond acceptors (Lipinski definition) is 4. The highest BCUT2D eigenvalue weighted by molar-refractivity contribution is 7.89. The van der Waals surface area contributed by atoms with Crippen LogP contribution in [0.5, 0.6) is 0 Å². The van der Waals surface area contributed by atoms with E-state index in [0.717, 1.165) is 6.26 Å². The van der Waals surface area contributed by atoms with Gasteiger partial charge in [0.2, 0.25) is 15.9 Å². The zero-order chi connectivity index (χ0) is 9.07. The summed E-state index contributed by atoms with van der Waals surface area (Å²) in [5.41, 5.74) is 0. The normalized spacial score (nSPS) is 13.6. The highest BCUT2D eigenvalue weighted by atomic mass is 32.2. The molecule has 0 aliphatic carbocycles. The van der Waals surface area contributed by atoms with E-state index in [1.54, 1.807) is 4.72 Å². The van der Waals surface area contributed by atoms with E-state index in [1.165, 1.54) is 6.92 Å². The first-order valence-electron chi connectivity index (χ1n) is 2.83. The fourth-order valence-corrected chi connectivity index (χ4v) is 0.889. The van der Waals surface area contributed by atoms with E-state index in [-0.39, 0.29) is 0 Å². The molecule has 0 aliphatic rings. The molecule has 0 saturated carbocycles. The van der Waals surface area contributed by atoms with Crippen LogP contribution in [0.25, 0.3) is 0 Å². The first kappa shape index (κ1) is 10.1. The molecule has 64 valence electrons. The minimum atomic E-state index is -3.54. The third-order valence-corrected chi connectivity index (χ3v) is 1.48. The summed E-state index contributed by atoms with van der Waals surface area (Å²) < 4.78 is 22.5. The van der Waals surface area contributed by atoms with Crippen LogP contribution in [0.2, 0.25) is 0 Å². The minimum Gasteiger partial charge on any atom is -0.303 e. The Morgan fingerprint density at radius 1 is 1.55 bits per heavy atom. The molecule has 0 aromatic heterocycles. The first-order valence-corrected chi connectivity index (χ1v) is 4.73. The second-order valence-corrected chi connectivity index (χ2v) is 3.91. The summed E-state index contributed by atoms with van der Waals surface area (Å²) in [6, 6.07) is 0. The van der Waals surface area contributed by atoms with Gasteiger partial charge in [0.25, 0.3) is 0 Å². The van der Waals surface area contributed by atoms with E-state index in [0.29, 0.717) is 6.29 Å². The van der Waals surface area contributed by atoms with Gasteiger partial charge in [-0.2, -0.15) is 0 Å². The van der Waals surface area contributed by atoms with Crippen LogP contribution < -0.4 is 4.72 Å². The molecule has 0 aliphatic heterocycles. The summed E-state index contributed by atoms with van der Waals surface area (Å²) in [6.07, 6.45) is 1.23. The van der Waals surface area contributed by atoms with Crippen molar-refractivity contribution in [3.63, 3.8) is 0 Å². The quantitative estimate of drug-likeness (QED) is 0.440. The molecule has 11 heavy (non-hydrogen) atoms. The molecule has 0 bridgehead atoms. The fourth-order valence-electron chi connectivity index (χ4n) is 0.337. The average Bonchev–Trinajstić information content (AvgIpc) is 1.82. The van der Waals surface area contributed by atoms with Gasteiger partial charge in [0.15, 0.2) is 0 Å². The molecule has 0 aromatic rings. The summed E-state index contributed by atoms with van der Waals surface area (Å²) in [5, 5.41) is 0. The molecule has 1 N–H and O–H groups in total. The summed E-state index contributed by atoms with van der Waals surface area (Å²) >= 11 is 0. The Labute approximate surface area is 64.8 Å². The van der Waals surface area contributed by atoms with E-state index < -0.39 is 21.8 Å². The van der Waals surface area contributed by atoms with Gasteiger partial charge >= 0.3 is 0 Å². The van der Waals surface area contributed by atoms with Crippen molar-refractivity contribution < 1.29 is 18.0 Å². The Morgan fingerprint density at radius 2 is 2.00 bits per heavy atom. The maximum Gasteiger partial charge on any atom is 0.243 e. The second-order valence-electron chi connectivity index (χ2n) is 2.16. The van der Waals surface area contributed by atoms with Gasteiger partial charge in [0.1, 0.15) is 6.29 Å². The van der Waals surface area contributed by atoms with Gasteiger partial charge in [-0.05, 0) is 6.92 Å². The van der Waals surface area contributed by atoms with Gasteiger partial charge in [-0.3, -0.25) is 9.52 Å². The van der Waals surface area contributed by atoms with E-state index in [4.69, 9.17) is 0 Å². The van der Waals surface area contributed by atoms with E-state index in [1.807, 2.05) is 0 Å². The standard InChI is InChI=1S/C5H9NO4S/c1-4(3-7)5(8)6-11(2,9)10/h3-4H,1-2H3,(H,6,8). The summed E-state index contributed by atoms with van der Waals surface area (Å²) in [5.74, 6) is -1.73. The number of rotatable bonds is 3. The van der Waals surface area contributed by atoms with Crippen molar-refractivity contribution in [3.05, 3.63) is 0 Å². The number of carbonyl (C=O) groups is 2. The molecule has 0 radical (unpaired) electrons. The third-order valence-electron chi connectivity index (χ3n) is 0.904. The number of amides is 1. The molecule has 0 fully saturated rings. The van der Waals surface area contributed by atoms with Gasteiger partial charge in [-0.1, -0.05) is 0 Å². The lowest BCUT2D eigenvalue weighted by Crippen LogP contribution is -2.34. The molecule has 0 aromatic carbocycles. The lowest BCUT2D eigenvalue weighted by atomic mass is 10.2. The molecular weight excluding hydrogens is 170 g/mol. The number of aldehydes is 1. The Hall–Kier alpha value is -0.910. The predicted octanol–water partition coefficient (Wildman–Crippen LogP) is -1.10. The molecular formula is C5H9NO4S. The maximum absolute atomic E-state index is 10.7. The molecule has 0 spiro atoms. The van der Waals surface area contributed by atoms with Gasteiger partial charge in [0, 0.05) is 0 Å². The van der Waals surface area contributed by atoms with E-state index >= 15 is 0 Å². The third kappa shape index (κ3) is 4.49. The maximum atomic E-state index is 10.7.